The van der Waals surface area contributed by atoms with E-state index in [1.54, 1.807) is 24.0 Å². The molecule has 0 saturated carbocycles. The summed E-state index contributed by atoms with van der Waals surface area (Å²) < 4.78 is 15.8. The predicted molar refractivity (Wildman–Crippen MR) is 131 cm³/mol. The van der Waals surface area contributed by atoms with Gasteiger partial charge in [-0.2, -0.15) is 0 Å². The van der Waals surface area contributed by atoms with Crippen molar-refractivity contribution < 1.29 is 23.8 Å². The molecule has 0 radical (unpaired) electrons. The minimum Gasteiger partial charge on any atom is -0.493 e. The lowest BCUT2D eigenvalue weighted by Gasteiger charge is -2.14. The largest absolute Gasteiger partial charge is 0.493 e. The summed E-state index contributed by atoms with van der Waals surface area (Å²) in [7, 11) is 1.52. The normalized spacial score (nSPS) is 15.9. The van der Waals surface area contributed by atoms with Crippen molar-refractivity contribution >= 4 is 40.6 Å². The third-order valence-electron chi connectivity index (χ3n) is 4.73. The van der Waals surface area contributed by atoms with E-state index >= 15 is 0 Å². The smallest absolute Gasteiger partial charge is 0.344 e. The number of rotatable bonds is 9. The number of methoxy groups -OCH3 is 1. The number of nitrogens with zero attached hydrogens (tertiary/aromatic N) is 2. The molecule has 3 rings (SSSR count). The topological polar surface area (TPSA) is 77.4 Å². The van der Waals surface area contributed by atoms with Gasteiger partial charge in [-0.3, -0.25) is 9.69 Å². The molecule has 0 aromatic heterocycles. The van der Waals surface area contributed by atoms with E-state index in [1.807, 2.05) is 50.3 Å². The molecule has 2 aromatic carbocycles. The Bertz CT molecular complexity index is 1060. The van der Waals surface area contributed by atoms with Crippen molar-refractivity contribution in [2.75, 3.05) is 26.9 Å². The Morgan fingerprint density at radius 1 is 1.12 bits per heavy atom. The summed E-state index contributed by atoms with van der Waals surface area (Å²) >= 11 is 1.35. The molecule has 1 fully saturated rings. The number of carbonyl (C=O) groups excluding carboxylic acids is 2. The molecule has 0 N–H and O–H groups in total. The second-order valence-corrected chi connectivity index (χ2v) is 8.31. The molecule has 1 heterocycles. The first-order chi connectivity index (χ1) is 15.9. The van der Waals surface area contributed by atoms with Crippen LogP contribution in [0.2, 0.25) is 0 Å². The van der Waals surface area contributed by atoms with Crippen LogP contribution in [0.5, 0.6) is 11.5 Å². The molecule has 2 aromatic rings. The number of hydrogen-bond acceptors (Lipinski definition) is 7. The second-order valence-electron chi connectivity index (χ2n) is 7.30. The Morgan fingerprint density at radius 3 is 2.55 bits per heavy atom. The van der Waals surface area contributed by atoms with Gasteiger partial charge in [0.05, 0.1) is 24.3 Å². The molecule has 1 amide bonds. The summed E-state index contributed by atoms with van der Waals surface area (Å²) in [5.74, 6) is 0.361. The maximum atomic E-state index is 13.1. The van der Waals surface area contributed by atoms with Crippen molar-refractivity contribution in [2.24, 2.45) is 4.99 Å². The molecule has 8 heteroatoms. The zero-order chi connectivity index (χ0) is 23.8. The van der Waals surface area contributed by atoms with Crippen LogP contribution in [0.25, 0.3) is 6.08 Å². The van der Waals surface area contributed by atoms with Gasteiger partial charge in [-0.15, -0.1) is 0 Å². The molecule has 7 nitrogen and oxygen atoms in total. The number of aliphatic imine (C=N–C) groups is 1. The maximum absolute atomic E-state index is 13.1. The van der Waals surface area contributed by atoms with E-state index in [9.17, 15) is 9.59 Å². The molecule has 1 aliphatic rings. The Morgan fingerprint density at radius 2 is 1.88 bits per heavy atom. The zero-order valence-corrected chi connectivity index (χ0v) is 20.1. The molecule has 1 saturated heterocycles. The molecule has 0 aliphatic carbocycles. The van der Waals surface area contributed by atoms with Crippen LogP contribution in [-0.4, -0.2) is 48.8 Å². The number of ether oxygens (including phenoxy) is 3. The number of hydrogen-bond donors (Lipinski definition) is 0. The summed E-state index contributed by atoms with van der Waals surface area (Å²) in [5.41, 5.74) is 2.74. The van der Waals surface area contributed by atoms with E-state index in [0.29, 0.717) is 34.7 Å². The van der Waals surface area contributed by atoms with Gasteiger partial charge >= 0.3 is 5.97 Å². The molecule has 0 atom stereocenters. The average Bonchev–Trinajstić information content (AvgIpc) is 3.09. The first-order valence-corrected chi connectivity index (χ1v) is 11.6. The fourth-order valence-corrected chi connectivity index (χ4v) is 4.15. The number of benzene rings is 2. The first kappa shape index (κ1) is 24.4. The highest BCUT2D eigenvalue weighted by Crippen LogP contribution is 2.36. The van der Waals surface area contributed by atoms with Gasteiger partial charge < -0.3 is 14.2 Å². The van der Waals surface area contributed by atoms with Gasteiger partial charge in [-0.1, -0.05) is 30.7 Å². The third-order valence-corrected chi connectivity index (χ3v) is 5.74. The highest BCUT2D eigenvalue weighted by Gasteiger charge is 2.32. The number of aryl methyl sites for hydroxylation is 1. The van der Waals surface area contributed by atoms with Crippen molar-refractivity contribution in [3.05, 3.63) is 58.5 Å². The van der Waals surface area contributed by atoms with E-state index in [2.05, 4.69) is 0 Å². The lowest BCUT2D eigenvalue weighted by atomic mass is 10.2. The number of thioether (sulfide) groups is 1. The second kappa shape index (κ2) is 11.6. The van der Waals surface area contributed by atoms with Crippen LogP contribution in [0.3, 0.4) is 0 Å². The monoisotopic (exact) mass is 468 g/mol. The van der Waals surface area contributed by atoms with Crippen molar-refractivity contribution in [2.45, 2.75) is 27.2 Å². The van der Waals surface area contributed by atoms with E-state index in [4.69, 9.17) is 19.2 Å². The lowest BCUT2D eigenvalue weighted by Crippen LogP contribution is -2.29. The van der Waals surface area contributed by atoms with Crippen molar-refractivity contribution in [3.63, 3.8) is 0 Å². The van der Waals surface area contributed by atoms with E-state index in [1.165, 1.54) is 18.9 Å². The molecule has 33 heavy (non-hydrogen) atoms. The van der Waals surface area contributed by atoms with Crippen LogP contribution >= 0.6 is 11.8 Å². The van der Waals surface area contributed by atoms with E-state index in [0.717, 1.165) is 23.2 Å². The van der Waals surface area contributed by atoms with Gasteiger partial charge in [-0.25, -0.2) is 9.79 Å². The summed E-state index contributed by atoms with van der Waals surface area (Å²) in [4.78, 5) is 31.6. The highest BCUT2D eigenvalue weighted by molar-refractivity contribution is 8.18. The average molecular weight is 469 g/mol. The minimum absolute atomic E-state index is 0.0747. The SMILES string of the molecule is CCCN1C(=O)/C(=C\c2ccc(OCC(=O)OCC)c(OC)c2)SC1=Nc1ccc(C)cc1. The number of amides is 1. The van der Waals surface area contributed by atoms with Gasteiger partial charge in [0.15, 0.2) is 23.3 Å². The number of esters is 1. The molecule has 0 unspecified atom stereocenters. The fourth-order valence-electron chi connectivity index (χ4n) is 3.13. The van der Waals surface area contributed by atoms with Crippen LogP contribution in [-0.2, 0) is 14.3 Å². The quantitative estimate of drug-likeness (QED) is 0.382. The van der Waals surface area contributed by atoms with Gasteiger partial charge in [0.2, 0.25) is 0 Å². The molecular weight excluding hydrogens is 440 g/mol. The van der Waals surface area contributed by atoms with Crippen LogP contribution in [0, 0.1) is 6.92 Å². The maximum Gasteiger partial charge on any atom is 0.344 e. The van der Waals surface area contributed by atoms with Crippen LogP contribution in [0.4, 0.5) is 5.69 Å². The summed E-state index contributed by atoms with van der Waals surface area (Å²) in [6, 6.07) is 13.2. The molecule has 174 valence electrons. The fraction of sp³-hybridized carbons (Fsp3) is 0.320. The van der Waals surface area contributed by atoms with Gasteiger partial charge in [0.25, 0.3) is 5.91 Å². The van der Waals surface area contributed by atoms with Crippen molar-refractivity contribution in [1.82, 2.24) is 4.90 Å². The standard InChI is InChI=1S/C25H28N2O5S/c1-5-13-27-24(29)22(33-25(27)26-19-10-7-17(3)8-11-19)15-18-9-12-20(21(14-18)30-4)32-16-23(28)31-6-2/h7-12,14-15H,5-6,13,16H2,1-4H3/b22-15+,26-25?. The van der Waals surface area contributed by atoms with Crippen LogP contribution < -0.4 is 9.47 Å². The highest BCUT2D eigenvalue weighted by atomic mass is 32.2. The Balaban J connectivity index is 1.83. The third kappa shape index (κ3) is 6.38. The number of carbonyl (C=O) groups is 2. The summed E-state index contributed by atoms with van der Waals surface area (Å²) in [6.07, 6.45) is 2.64. The summed E-state index contributed by atoms with van der Waals surface area (Å²) in [5, 5.41) is 0.665. The minimum atomic E-state index is -0.449. The Kier molecular flexibility index (Phi) is 8.54. The van der Waals surface area contributed by atoms with Gasteiger partial charge in [-0.05, 0) is 67.9 Å². The van der Waals surface area contributed by atoms with Gasteiger partial charge in [0, 0.05) is 6.54 Å². The summed E-state index contributed by atoms with van der Waals surface area (Å²) in [6.45, 7) is 6.48. The molecule has 1 aliphatic heterocycles. The van der Waals surface area contributed by atoms with Gasteiger partial charge in [0.1, 0.15) is 0 Å². The molecule has 0 bridgehead atoms. The van der Waals surface area contributed by atoms with Crippen molar-refractivity contribution in [3.8, 4) is 11.5 Å². The van der Waals surface area contributed by atoms with Crippen LogP contribution in [0.1, 0.15) is 31.4 Å². The van der Waals surface area contributed by atoms with Crippen LogP contribution in [0.15, 0.2) is 52.4 Å². The molecular formula is C25H28N2O5S. The Hall–Kier alpha value is -3.26. The lowest BCUT2D eigenvalue weighted by molar-refractivity contribution is -0.145. The predicted octanol–water partition coefficient (Wildman–Crippen LogP) is 4.96. The van der Waals surface area contributed by atoms with Crippen molar-refractivity contribution in [1.29, 1.82) is 0 Å². The molecule has 0 spiro atoms. The first-order valence-electron chi connectivity index (χ1n) is 10.8. The number of amidine groups is 1. The van der Waals surface area contributed by atoms with E-state index in [-0.39, 0.29) is 12.5 Å². The van der Waals surface area contributed by atoms with E-state index < -0.39 is 5.97 Å². The zero-order valence-electron chi connectivity index (χ0n) is 19.3. The Labute approximate surface area is 198 Å².